The Morgan fingerprint density at radius 1 is 1.32 bits per heavy atom. The average molecular weight is 267 g/mol. The molecule has 1 aromatic rings. The van der Waals surface area contributed by atoms with Crippen LogP contribution in [-0.4, -0.2) is 46.2 Å². The zero-order chi connectivity index (χ0) is 14.4. The number of hydrogen-bond donors (Lipinski definition) is 2. The molecule has 0 aromatic heterocycles. The molecule has 0 saturated carbocycles. The van der Waals surface area contributed by atoms with E-state index in [0.717, 1.165) is 0 Å². The zero-order valence-electron chi connectivity index (χ0n) is 10.9. The molecule has 104 valence electrons. The van der Waals surface area contributed by atoms with Gasteiger partial charge in [0.05, 0.1) is 0 Å². The fourth-order valence-electron chi connectivity index (χ4n) is 1.51. The van der Waals surface area contributed by atoms with Gasteiger partial charge in [-0.05, 0) is 26.0 Å². The second-order valence-electron chi connectivity index (χ2n) is 4.27. The summed E-state index contributed by atoms with van der Waals surface area (Å²) in [5.74, 6) is -1.40. The van der Waals surface area contributed by atoms with Gasteiger partial charge < -0.3 is 19.8 Å². The molecule has 0 saturated heterocycles. The van der Waals surface area contributed by atoms with Crippen molar-refractivity contribution in [2.45, 2.75) is 19.9 Å². The van der Waals surface area contributed by atoms with Crippen LogP contribution in [0, 0.1) is 0 Å². The number of hydrogen-bond acceptors (Lipinski definition) is 4. The van der Waals surface area contributed by atoms with E-state index in [4.69, 9.17) is 9.84 Å². The number of amides is 1. The number of aromatic hydroxyl groups is 1. The SMILES string of the molecule is CC(C)N(CC(=O)O)C(=O)COc1ccccc1O. The lowest BCUT2D eigenvalue weighted by atomic mass is 10.3. The van der Waals surface area contributed by atoms with Crippen molar-refractivity contribution < 1.29 is 24.5 Å². The van der Waals surface area contributed by atoms with Crippen molar-refractivity contribution >= 4 is 11.9 Å². The van der Waals surface area contributed by atoms with Crippen molar-refractivity contribution in [3.05, 3.63) is 24.3 Å². The summed E-state index contributed by atoms with van der Waals surface area (Å²) in [5, 5.41) is 18.2. The highest BCUT2D eigenvalue weighted by molar-refractivity contribution is 5.82. The molecule has 1 aromatic carbocycles. The van der Waals surface area contributed by atoms with Gasteiger partial charge in [0.1, 0.15) is 6.54 Å². The van der Waals surface area contributed by atoms with Crippen molar-refractivity contribution in [3.63, 3.8) is 0 Å². The van der Waals surface area contributed by atoms with Crippen LogP contribution in [0.1, 0.15) is 13.8 Å². The highest BCUT2D eigenvalue weighted by Gasteiger charge is 2.20. The van der Waals surface area contributed by atoms with Crippen LogP contribution < -0.4 is 4.74 Å². The Kier molecular flexibility index (Phi) is 5.17. The van der Waals surface area contributed by atoms with Crippen molar-refractivity contribution in [1.82, 2.24) is 4.90 Å². The van der Waals surface area contributed by atoms with Gasteiger partial charge in [0, 0.05) is 6.04 Å². The van der Waals surface area contributed by atoms with Gasteiger partial charge in [-0.25, -0.2) is 0 Å². The monoisotopic (exact) mass is 267 g/mol. The smallest absolute Gasteiger partial charge is 0.323 e. The predicted molar refractivity (Wildman–Crippen MR) is 68.1 cm³/mol. The van der Waals surface area contributed by atoms with Crippen LogP contribution >= 0.6 is 0 Å². The van der Waals surface area contributed by atoms with Crippen LogP contribution in [0.3, 0.4) is 0 Å². The minimum atomic E-state index is -1.08. The summed E-state index contributed by atoms with van der Waals surface area (Å²) in [7, 11) is 0. The van der Waals surface area contributed by atoms with E-state index >= 15 is 0 Å². The number of carboxylic acid groups (broad SMARTS) is 1. The van der Waals surface area contributed by atoms with E-state index in [2.05, 4.69) is 0 Å². The maximum Gasteiger partial charge on any atom is 0.323 e. The van der Waals surface area contributed by atoms with Gasteiger partial charge in [0.15, 0.2) is 18.1 Å². The van der Waals surface area contributed by atoms with E-state index in [1.807, 2.05) is 0 Å². The maximum atomic E-state index is 11.9. The fraction of sp³-hybridized carbons (Fsp3) is 0.385. The highest BCUT2D eigenvalue weighted by Crippen LogP contribution is 2.24. The molecule has 2 N–H and O–H groups in total. The summed E-state index contributed by atoms with van der Waals surface area (Å²) >= 11 is 0. The number of aliphatic carboxylic acids is 1. The Balaban J connectivity index is 2.63. The molecule has 0 aliphatic carbocycles. The first-order chi connectivity index (χ1) is 8.91. The Hall–Kier alpha value is -2.24. The van der Waals surface area contributed by atoms with E-state index in [-0.39, 0.29) is 30.7 Å². The predicted octanol–water partition coefficient (Wildman–Crippen LogP) is 1.09. The first kappa shape index (κ1) is 14.8. The third-order valence-electron chi connectivity index (χ3n) is 2.47. The quantitative estimate of drug-likeness (QED) is 0.805. The molecular formula is C13H17NO5. The summed E-state index contributed by atoms with van der Waals surface area (Å²) < 4.78 is 5.18. The molecule has 0 fully saturated rings. The van der Waals surface area contributed by atoms with Crippen LogP contribution in [0.4, 0.5) is 0 Å². The van der Waals surface area contributed by atoms with E-state index in [1.165, 1.54) is 17.0 Å². The van der Waals surface area contributed by atoms with Crippen LogP contribution in [0.25, 0.3) is 0 Å². The summed E-state index contributed by atoms with van der Waals surface area (Å²) in [4.78, 5) is 23.7. The van der Waals surface area contributed by atoms with Crippen molar-refractivity contribution in [1.29, 1.82) is 0 Å². The topological polar surface area (TPSA) is 87.1 Å². The molecule has 0 radical (unpaired) electrons. The van der Waals surface area contributed by atoms with Gasteiger partial charge in [-0.3, -0.25) is 9.59 Å². The van der Waals surface area contributed by atoms with Gasteiger partial charge in [0.25, 0.3) is 5.91 Å². The Labute approximate surface area is 111 Å². The molecule has 1 rings (SSSR count). The summed E-state index contributed by atoms with van der Waals surface area (Å²) in [6.07, 6.45) is 0. The van der Waals surface area contributed by atoms with E-state index in [0.29, 0.717) is 0 Å². The van der Waals surface area contributed by atoms with Crippen LogP contribution in [0.15, 0.2) is 24.3 Å². The van der Waals surface area contributed by atoms with Crippen LogP contribution in [0.5, 0.6) is 11.5 Å². The average Bonchev–Trinajstić information content (AvgIpc) is 2.34. The lowest BCUT2D eigenvalue weighted by Crippen LogP contribution is -2.43. The molecule has 0 heterocycles. The number of carboxylic acids is 1. The summed E-state index contributed by atoms with van der Waals surface area (Å²) in [5.41, 5.74) is 0. The second kappa shape index (κ2) is 6.63. The molecule has 1 amide bonds. The third-order valence-corrected chi connectivity index (χ3v) is 2.47. The molecule has 0 bridgehead atoms. The lowest BCUT2D eigenvalue weighted by Gasteiger charge is -2.24. The second-order valence-corrected chi connectivity index (χ2v) is 4.27. The van der Waals surface area contributed by atoms with Gasteiger partial charge >= 0.3 is 5.97 Å². The van der Waals surface area contributed by atoms with E-state index in [9.17, 15) is 14.7 Å². The van der Waals surface area contributed by atoms with Gasteiger partial charge in [-0.2, -0.15) is 0 Å². The highest BCUT2D eigenvalue weighted by atomic mass is 16.5. The maximum absolute atomic E-state index is 11.9. The molecule has 19 heavy (non-hydrogen) atoms. The molecule has 0 spiro atoms. The number of rotatable bonds is 6. The summed E-state index contributed by atoms with van der Waals surface area (Å²) in [6, 6.07) is 6.03. The largest absolute Gasteiger partial charge is 0.504 e. The number of benzene rings is 1. The van der Waals surface area contributed by atoms with Gasteiger partial charge in [-0.1, -0.05) is 12.1 Å². The van der Waals surface area contributed by atoms with Crippen LogP contribution in [-0.2, 0) is 9.59 Å². The lowest BCUT2D eigenvalue weighted by molar-refractivity contribution is -0.146. The number of ether oxygens (including phenoxy) is 1. The number of nitrogens with zero attached hydrogens (tertiary/aromatic N) is 1. The first-order valence-electron chi connectivity index (χ1n) is 5.84. The minimum absolute atomic E-state index is 0.0652. The van der Waals surface area contributed by atoms with E-state index < -0.39 is 11.9 Å². The fourth-order valence-corrected chi connectivity index (χ4v) is 1.51. The molecule has 0 aliphatic heterocycles. The van der Waals surface area contributed by atoms with Crippen molar-refractivity contribution in [2.75, 3.05) is 13.2 Å². The minimum Gasteiger partial charge on any atom is -0.504 e. The van der Waals surface area contributed by atoms with Crippen molar-refractivity contribution in [2.24, 2.45) is 0 Å². The summed E-state index contributed by atoms with van der Waals surface area (Å²) in [6.45, 7) is 2.76. The zero-order valence-corrected chi connectivity index (χ0v) is 10.9. The number of phenolic OH excluding ortho intramolecular Hbond substituents is 1. The standard InChI is InChI=1S/C13H17NO5/c1-9(2)14(7-13(17)18)12(16)8-19-11-6-4-3-5-10(11)15/h3-6,9,15H,7-8H2,1-2H3,(H,17,18). The normalized spacial score (nSPS) is 10.3. The number of carbonyl (C=O) groups is 2. The molecule has 0 atom stereocenters. The van der Waals surface area contributed by atoms with Gasteiger partial charge in [-0.15, -0.1) is 0 Å². The molecule has 6 nitrogen and oxygen atoms in total. The molecule has 6 heteroatoms. The molecular weight excluding hydrogens is 250 g/mol. The molecule has 0 aliphatic rings. The van der Waals surface area contributed by atoms with Crippen LogP contribution in [0.2, 0.25) is 0 Å². The first-order valence-corrected chi connectivity index (χ1v) is 5.84. The van der Waals surface area contributed by atoms with Crippen molar-refractivity contribution in [3.8, 4) is 11.5 Å². The Morgan fingerprint density at radius 2 is 1.95 bits per heavy atom. The van der Waals surface area contributed by atoms with Gasteiger partial charge in [0.2, 0.25) is 0 Å². The molecule has 0 unspecified atom stereocenters. The number of para-hydroxylation sites is 2. The Bertz CT molecular complexity index is 458. The Morgan fingerprint density at radius 3 is 2.47 bits per heavy atom. The number of carbonyl (C=O) groups excluding carboxylic acids is 1. The third kappa shape index (κ3) is 4.50. The van der Waals surface area contributed by atoms with E-state index in [1.54, 1.807) is 26.0 Å². The number of phenols is 1.